The summed E-state index contributed by atoms with van der Waals surface area (Å²) in [6.45, 7) is 0. The third kappa shape index (κ3) is 3.36. The van der Waals surface area contributed by atoms with Gasteiger partial charge in [-0.1, -0.05) is 18.9 Å². The lowest BCUT2D eigenvalue weighted by Gasteiger charge is -2.27. The molecule has 0 saturated heterocycles. The SMILES string of the molecule is O=S(=O)(Nc1cccc(I)c1)C1CCCCC1O. The van der Waals surface area contributed by atoms with Gasteiger partial charge in [-0.2, -0.15) is 0 Å². The minimum Gasteiger partial charge on any atom is -0.392 e. The van der Waals surface area contributed by atoms with Crippen LogP contribution in [0.3, 0.4) is 0 Å². The van der Waals surface area contributed by atoms with Crippen LogP contribution < -0.4 is 4.72 Å². The standard InChI is InChI=1S/C12H16INO3S/c13-9-4-3-5-10(8-9)14-18(16,17)12-7-2-1-6-11(12)15/h3-5,8,11-12,14-15H,1-2,6-7H2. The monoisotopic (exact) mass is 381 g/mol. The van der Waals surface area contributed by atoms with Crippen molar-refractivity contribution in [2.75, 3.05) is 4.72 Å². The zero-order chi connectivity index (χ0) is 13.2. The van der Waals surface area contributed by atoms with Crippen LogP contribution in [-0.2, 0) is 10.0 Å². The van der Waals surface area contributed by atoms with Crippen LogP contribution in [0.4, 0.5) is 5.69 Å². The van der Waals surface area contributed by atoms with Crippen LogP contribution in [0.15, 0.2) is 24.3 Å². The third-order valence-electron chi connectivity index (χ3n) is 3.15. The number of nitrogens with one attached hydrogen (secondary N) is 1. The van der Waals surface area contributed by atoms with E-state index in [0.29, 0.717) is 18.5 Å². The Balaban J connectivity index is 2.16. The van der Waals surface area contributed by atoms with Gasteiger partial charge in [0.2, 0.25) is 10.0 Å². The molecule has 1 aliphatic rings. The van der Waals surface area contributed by atoms with E-state index in [1.807, 2.05) is 6.07 Å². The highest BCUT2D eigenvalue weighted by Gasteiger charge is 2.34. The van der Waals surface area contributed by atoms with Crippen LogP contribution in [0.5, 0.6) is 0 Å². The molecule has 0 aromatic heterocycles. The summed E-state index contributed by atoms with van der Waals surface area (Å²) in [6, 6.07) is 7.19. The number of benzene rings is 1. The normalized spacial score (nSPS) is 24.8. The minimum atomic E-state index is -3.51. The molecule has 1 aromatic rings. The molecule has 0 amide bonds. The summed E-state index contributed by atoms with van der Waals surface area (Å²) < 4.78 is 27.9. The van der Waals surface area contributed by atoms with Crippen molar-refractivity contribution >= 4 is 38.3 Å². The maximum absolute atomic E-state index is 12.2. The topological polar surface area (TPSA) is 66.4 Å². The zero-order valence-corrected chi connectivity index (χ0v) is 12.8. The molecule has 1 aliphatic carbocycles. The molecule has 2 rings (SSSR count). The molecule has 1 fully saturated rings. The molecule has 0 radical (unpaired) electrons. The second kappa shape index (κ2) is 5.75. The van der Waals surface area contributed by atoms with Gasteiger partial charge in [-0.25, -0.2) is 8.42 Å². The largest absolute Gasteiger partial charge is 0.392 e. The highest BCUT2D eigenvalue weighted by Crippen LogP contribution is 2.26. The first-order valence-electron chi connectivity index (χ1n) is 5.94. The van der Waals surface area contributed by atoms with Crippen LogP contribution in [0.1, 0.15) is 25.7 Å². The van der Waals surface area contributed by atoms with Gasteiger partial charge in [-0.3, -0.25) is 4.72 Å². The zero-order valence-electron chi connectivity index (χ0n) is 9.84. The molecule has 2 atom stereocenters. The summed E-state index contributed by atoms with van der Waals surface area (Å²) in [5.74, 6) is 0. The number of anilines is 1. The highest BCUT2D eigenvalue weighted by molar-refractivity contribution is 14.1. The second-order valence-corrected chi connectivity index (χ2v) is 7.69. The fraction of sp³-hybridized carbons (Fsp3) is 0.500. The fourth-order valence-corrected chi connectivity index (χ4v) is 4.41. The molecule has 0 bridgehead atoms. The molecular weight excluding hydrogens is 365 g/mol. The van der Waals surface area contributed by atoms with Crippen molar-refractivity contribution in [2.45, 2.75) is 37.0 Å². The molecule has 4 nitrogen and oxygen atoms in total. The molecular formula is C12H16INO3S. The van der Waals surface area contributed by atoms with E-state index >= 15 is 0 Å². The van der Waals surface area contributed by atoms with E-state index in [-0.39, 0.29) is 0 Å². The molecule has 18 heavy (non-hydrogen) atoms. The van der Waals surface area contributed by atoms with Gasteiger partial charge in [0.05, 0.1) is 6.10 Å². The van der Waals surface area contributed by atoms with Crippen LogP contribution in [0.2, 0.25) is 0 Å². The van der Waals surface area contributed by atoms with E-state index in [4.69, 9.17) is 0 Å². The first-order valence-corrected chi connectivity index (χ1v) is 8.57. The van der Waals surface area contributed by atoms with Crippen LogP contribution in [0, 0.1) is 3.57 Å². The molecule has 2 unspecified atom stereocenters. The van der Waals surface area contributed by atoms with Crippen LogP contribution in [-0.4, -0.2) is 24.9 Å². The van der Waals surface area contributed by atoms with E-state index in [1.165, 1.54) is 0 Å². The van der Waals surface area contributed by atoms with Crippen molar-refractivity contribution in [3.05, 3.63) is 27.8 Å². The van der Waals surface area contributed by atoms with E-state index in [2.05, 4.69) is 27.3 Å². The summed E-state index contributed by atoms with van der Waals surface area (Å²) in [4.78, 5) is 0. The van der Waals surface area contributed by atoms with Crippen molar-refractivity contribution in [3.63, 3.8) is 0 Å². The number of halogens is 1. The van der Waals surface area contributed by atoms with Gasteiger partial charge >= 0.3 is 0 Å². The maximum atomic E-state index is 12.2. The number of hydrogen-bond acceptors (Lipinski definition) is 3. The predicted molar refractivity (Wildman–Crippen MR) is 80.0 cm³/mol. The predicted octanol–water partition coefficient (Wildman–Crippen LogP) is 2.34. The Kier molecular flexibility index (Phi) is 4.50. The van der Waals surface area contributed by atoms with E-state index < -0.39 is 21.4 Å². The van der Waals surface area contributed by atoms with Gasteiger partial charge in [0, 0.05) is 9.26 Å². The van der Waals surface area contributed by atoms with E-state index in [1.54, 1.807) is 18.2 Å². The van der Waals surface area contributed by atoms with Gasteiger partial charge in [0.1, 0.15) is 5.25 Å². The highest BCUT2D eigenvalue weighted by atomic mass is 127. The lowest BCUT2D eigenvalue weighted by Crippen LogP contribution is -2.40. The number of aliphatic hydroxyl groups is 1. The van der Waals surface area contributed by atoms with Gasteiger partial charge in [-0.05, 0) is 53.6 Å². The Bertz CT molecular complexity index is 518. The molecule has 1 saturated carbocycles. The number of aliphatic hydroxyl groups excluding tert-OH is 1. The van der Waals surface area contributed by atoms with E-state index in [9.17, 15) is 13.5 Å². The molecule has 0 heterocycles. The first kappa shape index (κ1) is 14.1. The maximum Gasteiger partial charge on any atom is 0.238 e. The van der Waals surface area contributed by atoms with Crippen molar-refractivity contribution in [1.29, 1.82) is 0 Å². The lowest BCUT2D eigenvalue weighted by atomic mass is 9.97. The van der Waals surface area contributed by atoms with Gasteiger partial charge in [0.25, 0.3) is 0 Å². The van der Waals surface area contributed by atoms with Crippen molar-refractivity contribution in [3.8, 4) is 0 Å². The molecule has 100 valence electrons. The smallest absolute Gasteiger partial charge is 0.238 e. The minimum absolute atomic E-state index is 0.528. The van der Waals surface area contributed by atoms with Crippen molar-refractivity contribution in [2.24, 2.45) is 0 Å². The van der Waals surface area contributed by atoms with E-state index in [0.717, 1.165) is 16.4 Å². The van der Waals surface area contributed by atoms with Gasteiger partial charge < -0.3 is 5.11 Å². The molecule has 0 spiro atoms. The average Bonchev–Trinajstić information content (AvgIpc) is 2.28. The van der Waals surface area contributed by atoms with Crippen molar-refractivity contribution in [1.82, 2.24) is 0 Å². The Hall–Kier alpha value is -0.340. The van der Waals surface area contributed by atoms with Crippen molar-refractivity contribution < 1.29 is 13.5 Å². The average molecular weight is 381 g/mol. The fourth-order valence-electron chi connectivity index (χ4n) is 2.23. The second-order valence-electron chi connectivity index (χ2n) is 4.55. The summed E-state index contributed by atoms with van der Waals surface area (Å²) in [7, 11) is -3.51. The first-order chi connectivity index (χ1) is 8.49. The lowest BCUT2D eigenvalue weighted by molar-refractivity contribution is 0.133. The number of rotatable bonds is 3. The summed E-state index contributed by atoms with van der Waals surface area (Å²) in [6.07, 6.45) is 2.10. The molecule has 6 heteroatoms. The molecule has 0 aliphatic heterocycles. The summed E-state index contributed by atoms with van der Waals surface area (Å²) in [5.41, 5.74) is 0.555. The molecule has 2 N–H and O–H groups in total. The Labute approximate surface area is 121 Å². The number of hydrogen-bond donors (Lipinski definition) is 2. The Morgan fingerprint density at radius 2 is 2.00 bits per heavy atom. The Morgan fingerprint density at radius 1 is 1.28 bits per heavy atom. The quantitative estimate of drug-likeness (QED) is 0.790. The Morgan fingerprint density at radius 3 is 2.67 bits per heavy atom. The third-order valence-corrected chi connectivity index (χ3v) is 5.69. The molecule has 1 aromatic carbocycles. The number of sulfonamides is 1. The van der Waals surface area contributed by atoms with Crippen LogP contribution in [0.25, 0.3) is 0 Å². The summed E-state index contributed by atoms with van der Waals surface area (Å²) >= 11 is 2.13. The van der Waals surface area contributed by atoms with Gasteiger partial charge in [-0.15, -0.1) is 0 Å². The summed E-state index contributed by atoms with van der Waals surface area (Å²) in [5, 5.41) is 9.13. The van der Waals surface area contributed by atoms with Gasteiger partial charge in [0.15, 0.2) is 0 Å². The van der Waals surface area contributed by atoms with Crippen LogP contribution >= 0.6 is 22.6 Å².